The lowest BCUT2D eigenvalue weighted by Gasteiger charge is -2.28. The molecule has 0 aliphatic heterocycles. The van der Waals surface area contributed by atoms with Gasteiger partial charge in [-0.15, -0.1) is 0 Å². The number of hydrogen-bond acceptors (Lipinski definition) is 7. The van der Waals surface area contributed by atoms with E-state index in [9.17, 15) is 14.4 Å². The summed E-state index contributed by atoms with van der Waals surface area (Å²) in [5.74, 6) is -1.78. The minimum absolute atomic E-state index is 0.0622. The maximum Gasteiger partial charge on any atom is 0.322 e. The number of carboxylic acids is 1. The number of carbonyl (C=O) groups excluding carboxylic acids is 2. The van der Waals surface area contributed by atoms with Crippen LogP contribution in [0.1, 0.15) is 33.1 Å². The van der Waals surface area contributed by atoms with E-state index in [1.54, 1.807) is 13.8 Å². The number of methoxy groups -OCH3 is 1. The van der Waals surface area contributed by atoms with Gasteiger partial charge in [-0.25, -0.2) is 5.01 Å². The molecule has 0 fully saturated rings. The van der Waals surface area contributed by atoms with Crippen molar-refractivity contribution in [2.75, 3.05) is 26.8 Å². The van der Waals surface area contributed by atoms with Crippen molar-refractivity contribution in [2.45, 2.75) is 39.2 Å². The minimum Gasteiger partial charge on any atom is -0.480 e. The third-order valence-electron chi connectivity index (χ3n) is 2.78. The Morgan fingerprint density at radius 2 is 1.86 bits per heavy atom. The fourth-order valence-electron chi connectivity index (χ4n) is 1.72. The normalized spacial score (nSPS) is 12.0. The Morgan fingerprint density at radius 3 is 2.33 bits per heavy atom. The van der Waals surface area contributed by atoms with Gasteiger partial charge < -0.3 is 14.6 Å². The van der Waals surface area contributed by atoms with E-state index in [2.05, 4.69) is 10.2 Å². The van der Waals surface area contributed by atoms with Crippen molar-refractivity contribution >= 4 is 17.9 Å². The third kappa shape index (κ3) is 8.26. The quantitative estimate of drug-likeness (QED) is 0.411. The molecule has 0 spiro atoms. The molecule has 0 aliphatic carbocycles. The number of hydrogen-bond donors (Lipinski definition) is 2. The molecule has 1 atom stereocenters. The van der Waals surface area contributed by atoms with Gasteiger partial charge in [-0.1, -0.05) is 6.92 Å². The van der Waals surface area contributed by atoms with E-state index < -0.39 is 18.0 Å². The second kappa shape index (κ2) is 11.0. The lowest BCUT2D eigenvalue weighted by Crippen LogP contribution is -2.50. The van der Waals surface area contributed by atoms with Crippen LogP contribution in [0.4, 0.5) is 0 Å². The Kier molecular flexibility index (Phi) is 10.2. The van der Waals surface area contributed by atoms with Gasteiger partial charge in [-0.3, -0.25) is 19.8 Å². The van der Waals surface area contributed by atoms with Crippen molar-refractivity contribution in [3.63, 3.8) is 0 Å². The van der Waals surface area contributed by atoms with Crippen molar-refractivity contribution in [1.82, 2.24) is 10.4 Å². The average Bonchev–Trinajstić information content (AvgIpc) is 2.44. The summed E-state index contributed by atoms with van der Waals surface area (Å²) in [5, 5.41) is 10.6. The molecule has 2 N–H and O–H groups in total. The van der Waals surface area contributed by atoms with Crippen molar-refractivity contribution in [3.8, 4) is 0 Å². The van der Waals surface area contributed by atoms with Gasteiger partial charge in [0.05, 0.1) is 26.6 Å². The lowest BCUT2D eigenvalue weighted by molar-refractivity contribution is -0.148. The van der Waals surface area contributed by atoms with Crippen molar-refractivity contribution in [1.29, 1.82) is 0 Å². The van der Waals surface area contributed by atoms with E-state index in [0.29, 0.717) is 13.0 Å². The molecule has 0 aromatic carbocycles. The Morgan fingerprint density at radius 1 is 1.19 bits per heavy atom. The minimum atomic E-state index is -0.994. The van der Waals surface area contributed by atoms with Crippen molar-refractivity contribution in [2.24, 2.45) is 0 Å². The van der Waals surface area contributed by atoms with Crippen molar-refractivity contribution < 1.29 is 29.0 Å². The maximum atomic E-state index is 11.2. The van der Waals surface area contributed by atoms with E-state index in [0.717, 1.165) is 0 Å². The molecule has 8 nitrogen and oxygen atoms in total. The van der Waals surface area contributed by atoms with E-state index in [4.69, 9.17) is 9.84 Å². The van der Waals surface area contributed by atoms with Crippen LogP contribution in [-0.2, 0) is 23.9 Å². The summed E-state index contributed by atoms with van der Waals surface area (Å²) < 4.78 is 9.32. The molecule has 0 amide bonds. The molecule has 0 heterocycles. The Labute approximate surface area is 124 Å². The molecular weight excluding hydrogens is 280 g/mol. The van der Waals surface area contributed by atoms with Gasteiger partial charge in [-0.2, -0.15) is 0 Å². The van der Waals surface area contributed by atoms with Gasteiger partial charge in [0.1, 0.15) is 6.04 Å². The molecule has 8 heteroatoms. The van der Waals surface area contributed by atoms with Crippen LogP contribution in [0.15, 0.2) is 0 Å². The van der Waals surface area contributed by atoms with Crippen LogP contribution in [0.2, 0.25) is 0 Å². The second-order valence-electron chi connectivity index (χ2n) is 4.24. The molecule has 21 heavy (non-hydrogen) atoms. The molecule has 0 aromatic rings. The monoisotopic (exact) mass is 304 g/mol. The van der Waals surface area contributed by atoms with Crippen LogP contribution in [0.3, 0.4) is 0 Å². The first-order valence-electron chi connectivity index (χ1n) is 6.91. The first kappa shape index (κ1) is 19.3. The highest BCUT2D eigenvalue weighted by Gasteiger charge is 2.24. The van der Waals surface area contributed by atoms with Crippen LogP contribution in [-0.4, -0.2) is 60.9 Å². The summed E-state index contributed by atoms with van der Waals surface area (Å²) in [5.41, 5.74) is 2.86. The number of rotatable bonds is 11. The molecule has 1 unspecified atom stereocenters. The number of carboxylic acid groups (broad SMARTS) is 1. The topological polar surface area (TPSA) is 105 Å². The van der Waals surface area contributed by atoms with Crippen molar-refractivity contribution in [3.05, 3.63) is 0 Å². The van der Waals surface area contributed by atoms with Gasteiger partial charge in [-0.05, 0) is 13.3 Å². The van der Waals surface area contributed by atoms with Gasteiger partial charge in [0, 0.05) is 13.1 Å². The Bertz CT molecular complexity index is 348. The fraction of sp³-hybridized carbons (Fsp3) is 0.769. The van der Waals surface area contributed by atoms with E-state index >= 15 is 0 Å². The number of nitrogens with zero attached hydrogens (tertiary/aromatic N) is 1. The first-order valence-corrected chi connectivity index (χ1v) is 6.91. The second-order valence-corrected chi connectivity index (χ2v) is 4.24. The van der Waals surface area contributed by atoms with Crippen LogP contribution in [0.25, 0.3) is 0 Å². The molecule has 0 aromatic heterocycles. The van der Waals surface area contributed by atoms with Gasteiger partial charge in [0.2, 0.25) is 0 Å². The van der Waals surface area contributed by atoms with Gasteiger partial charge >= 0.3 is 17.9 Å². The largest absolute Gasteiger partial charge is 0.480 e. The summed E-state index contributed by atoms with van der Waals surface area (Å²) in [6, 6.07) is -0.781. The highest BCUT2D eigenvalue weighted by atomic mass is 16.5. The number of nitrogens with one attached hydrogen (secondary N) is 1. The maximum absolute atomic E-state index is 11.2. The van der Waals surface area contributed by atoms with Crippen LogP contribution < -0.4 is 5.43 Å². The Hall–Kier alpha value is -1.67. The summed E-state index contributed by atoms with van der Waals surface area (Å²) in [7, 11) is 1.27. The fourth-order valence-corrected chi connectivity index (χ4v) is 1.72. The predicted octanol–water partition coefficient (Wildman–Crippen LogP) is 0.173. The summed E-state index contributed by atoms with van der Waals surface area (Å²) in [6.45, 7) is 4.17. The molecular formula is C13H24N2O6. The number of hydrazine groups is 1. The summed E-state index contributed by atoms with van der Waals surface area (Å²) >= 11 is 0. The molecule has 0 radical (unpaired) electrons. The average molecular weight is 304 g/mol. The molecule has 0 bridgehead atoms. The number of carbonyl (C=O) groups is 3. The number of ether oxygens (including phenoxy) is 2. The van der Waals surface area contributed by atoms with Crippen LogP contribution >= 0.6 is 0 Å². The number of aliphatic carboxylic acids is 1. The zero-order valence-electron chi connectivity index (χ0n) is 12.8. The van der Waals surface area contributed by atoms with Gasteiger partial charge in [0.15, 0.2) is 0 Å². The predicted molar refractivity (Wildman–Crippen MR) is 74.3 cm³/mol. The Balaban J connectivity index is 4.46. The summed E-state index contributed by atoms with van der Waals surface area (Å²) in [6.07, 6.45) is 0.550. The highest BCUT2D eigenvalue weighted by Crippen LogP contribution is 2.04. The molecule has 0 aliphatic rings. The van der Waals surface area contributed by atoms with Gasteiger partial charge in [0.25, 0.3) is 0 Å². The smallest absolute Gasteiger partial charge is 0.322 e. The number of esters is 2. The molecule has 0 saturated carbocycles. The van der Waals surface area contributed by atoms with Crippen LogP contribution in [0, 0.1) is 0 Å². The zero-order valence-corrected chi connectivity index (χ0v) is 12.8. The molecule has 0 saturated heterocycles. The van der Waals surface area contributed by atoms with E-state index in [1.165, 1.54) is 12.1 Å². The summed E-state index contributed by atoms with van der Waals surface area (Å²) in [4.78, 5) is 33.6. The molecule has 0 rings (SSSR count). The standard InChI is InChI=1S/C13H24N2O6/c1-4-10(13(18)19)15(9-7-11(16)20-3)14-8-6-12(17)21-5-2/h10,14H,4-9H2,1-3H3,(H,18,19). The zero-order chi connectivity index (χ0) is 16.3. The van der Waals surface area contributed by atoms with E-state index in [-0.39, 0.29) is 31.9 Å². The van der Waals surface area contributed by atoms with Crippen LogP contribution in [0.5, 0.6) is 0 Å². The SMILES string of the molecule is CCOC(=O)CCNN(CCC(=O)OC)C(CC)C(=O)O. The van der Waals surface area contributed by atoms with E-state index in [1.807, 2.05) is 0 Å². The first-order chi connectivity index (χ1) is 9.96. The lowest BCUT2D eigenvalue weighted by atomic mass is 10.2. The highest BCUT2D eigenvalue weighted by molar-refractivity contribution is 5.73. The third-order valence-corrected chi connectivity index (χ3v) is 2.78. The molecule has 122 valence electrons.